The van der Waals surface area contributed by atoms with E-state index in [1.807, 2.05) is 33.8 Å². The number of aryl methyl sites for hydroxylation is 2. The van der Waals surface area contributed by atoms with E-state index in [9.17, 15) is 13.2 Å². The molecule has 2 aromatic rings. The van der Waals surface area contributed by atoms with Crippen molar-refractivity contribution < 1.29 is 17.9 Å². The molecule has 0 aromatic heterocycles. The average molecular weight is 391 g/mol. The Kier molecular flexibility index (Phi) is 6.85. The predicted octanol–water partition coefficient (Wildman–Crippen LogP) is 3.40. The molecule has 2 rings (SSSR count). The number of benzene rings is 2. The molecule has 0 heterocycles. The molecule has 1 atom stereocenters. The smallest absolute Gasteiger partial charge is 0.261 e. The van der Waals surface area contributed by atoms with E-state index in [-0.39, 0.29) is 23.5 Å². The molecule has 27 heavy (non-hydrogen) atoms. The van der Waals surface area contributed by atoms with Crippen LogP contribution in [-0.2, 0) is 14.8 Å². The molecule has 0 radical (unpaired) electrons. The van der Waals surface area contributed by atoms with E-state index in [4.69, 9.17) is 4.74 Å². The third-order valence-corrected chi connectivity index (χ3v) is 5.39. The molecule has 146 valence electrons. The van der Waals surface area contributed by atoms with E-state index < -0.39 is 10.0 Å². The number of carbonyl (C=O) groups is 1. The standard InChI is InChI=1S/C20H26N2O4S/c1-5-16(4)21-20(23)13-26-18-6-8-19(9-7-18)27(24,25)22-17-11-14(2)10-15(3)12-17/h6-12,16,22H,5,13H2,1-4H3,(H,21,23)/t16-/m0/s1. The summed E-state index contributed by atoms with van der Waals surface area (Å²) < 4.78 is 33.1. The minimum atomic E-state index is -3.70. The molecule has 0 aliphatic carbocycles. The number of amides is 1. The first-order chi connectivity index (χ1) is 12.7. The largest absolute Gasteiger partial charge is 0.484 e. The summed E-state index contributed by atoms with van der Waals surface area (Å²) in [5, 5.41) is 2.80. The molecule has 0 unspecified atom stereocenters. The van der Waals surface area contributed by atoms with Crippen molar-refractivity contribution in [3.05, 3.63) is 53.6 Å². The van der Waals surface area contributed by atoms with Gasteiger partial charge in [0.2, 0.25) is 0 Å². The highest BCUT2D eigenvalue weighted by molar-refractivity contribution is 7.92. The van der Waals surface area contributed by atoms with Crippen molar-refractivity contribution in [1.82, 2.24) is 5.32 Å². The van der Waals surface area contributed by atoms with Crippen LogP contribution in [0.1, 0.15) is 31.4 Å². The zero-order valence-corrected chi connectivity index (χ0v) is 16.9. The van der Waals surface area contributed by atoms with E-state index in [2.05, 4.69) is 10.0 Å². The highest BCUT2D eigenvalue weighted by Crippen LogP contribution is 2.21. The lowest BCUT2D eigenvalue weighted by atomic mass is 10.1. The second kappa shape index (κ2) is 8.90. The molecular formula is C20H26N2O4S. The highest BCUT2D eigenvalue weighted by atomic mass is 32.2. The molecule has 0 fully saturated rings. The molecule has 0 saturated heterocycles. The number of hydrogen-bond donors (Lipinski definition) is 2. The maximum absolute atomic E-state index is 12.5. The van der Waals surface area contributed by atoms with Gasteiger partial charge >= 0.3 is 0 Å². The Bertz CT molecular complexity index is 872. The Morgan fingerprint density at radius 3 is 2.22 bits per heavy atom. The molecule has 0 aliphatic rings. The number of anilines is 1. The summed E-state index contributed by atoms with van der Waals surface area (Å²) in [4.78, 5) is 11.9. The molecule has 2 N–H and O–H groups in total. The maximum Gasteiger partial charge on any atom is 0.261 e. The van der Waals surface area contributed by atoms with E-state index >= 15 is 0 Å². The van der Waals surface area contributed by atoms with Crippen molar-refractivity contribution in [2.24, 2.45) is 0 Å². The lowest BCUT2D eigenvalue weighted by Crippen LogP contribution is -2.35. The maximum atomic E-state index is 12.5. The summed E-state index contributed by atoms with van der Waals surface area (Å²) in [6.45, 7) is 7.61. The lowest BCUT2D eigenvalue weighted by Gasteiger charge is -2.13. The molecule has 2 aromatic carbocycles. The van der Waals surface area contributed by atoms with Crippen LogP contribution in [0.2, 0.25) is 0 Å². The van der Waals surface area contributed by atoms with Gasteiger partial charge in [0.1, 0.15) is 5.75 Å². The summed E-state index contributed by atoms with van der Waals surface area (Å²) in [5.41, 5.74) is 2.48. The number of nitrogens with one attached hydrogen (secondary N) is 2. The van der Waals surface area contributed by atoms with Crippen molar-refractivity contribution in [3.8, 4) is 5.75 Å². The fraction of sp³-hybridized carbons (Fsp3) is 0.350. The average Bonchev–Trinajstić information content (AvgIpc) is 2.59. The Hall–Kier alpha value is -2.54. The zero-order valence-electron chi connectivity index (χ0n) is 16.1. The third kappa shape index (κ3) is 6.29. The minimum absolute atomic E-state index is 0.0879. The van der Waals surface area contributed by atoms with E-state index in [1.54, 1.807) is 12.1 Å². The van der Waals surface area contributed by atoms with E-state index in [1.165, 1.54) is 24.3 Å². The van der Waals surface area contributed by atoms with Crippen LogP contribution in [0.5, 0.6) is 5.75 Å². The molecular weight excluding hydrogens is 364 g/mol. The summed E-state index contributed by atoms with van der Waals surface area (Å²) in [6, 6.07) is 11.6. The van der Waals surface area contributed by atoms with Gasteiger partial charge in [-0.05, 0) is 74.7 Å². The van der Waals surface area contributed by atoms with Crippen LogP contribution in [-0.4, -0.2) is 27.0 Å². The Labute approximate surface area is 161 Å². The Morgan fingerprint density at radius 1 is 1.07 bits per heavy atom. The molecule has 0 bridgehead atoms. The first kappa shape index (κ1) is 20.8. The number of rotatable bonds is 8. The van der Waals surface area contributed by atoms with Crippen molar-refractivity contribution in [3.63, 3.8) is 0 Å². The first-order valence-corrected chi connectivity index (χ1v) is 10.3. The number of carbonyl (C=O) groups excluding carboxylic acids is 1. The second-order valence-electron chi connectivity index (χ2n) is 6.62. The SMILES string of the molecule is CC[C@H](C)NC(=O)COc1ccc(S(=O)(=O)Nc2cc(C)cc(C)c2)cc1. The fourth-order valence-electron chi connectivity index (χ4n) is 2.53. The van der Waals surface area contributed by atoms with Crippen LogP contribution in [0, 0.1) is 13.8 Å². The van der Waals surface area contributed by atoms with Crippen LogP contribution in [0.25, 0.3) is 0 Å². The molecule has 0 spiro atoms. The predicted molar refractivity (Wildman–Crippen MR) is 107 cm³/mol. The zero-order chi connectivity index (χ0) is 20.0. The van der Waals surface area contributed by atoms with Crippen LogP contribution >= 0.6 is 0 Å². The van der Waals surface area contributed by atoms with Crippen LogP contribution in [0.15, 0.2) is 47.4 Å². The molecule has 0 saturated carbocycles. The van der Waals surface area contributed by atoms with Gasteiger partial charge in [0.25, 0.3) is 15.9 Å². The van der Waals surface area contributed by atoms with Crippen LogP contribution in [0.3, 0.4) is 0 Å². The van der Waals surface area contributed by atoms with E-state index in [0.29, 0.717) is 11.4 Å². The van der Waals surface area contributed by atoms with Gasteiger partial charge in [-0.1, -0.05) is 13.0 Å². The van der Waals surface area contributed by atoms with Gasteiger partial charge in [0, 0.05) is 11.7 Å². The van der Waals surface area contributed by atoms with Gasteiger partial charge in [-0.25, -0.2) is 8.42 Å². The van der Waals surface area contributed by atoms with Crippen molar-refractivity contribution in [2.75, 3.05) is 11.3 Å². The number of sulfonamides is 1. The summed E-state index contributed by atoms with van der Waals surface area (Å²) in [7, 11) is -3.70. The summed E-state index contributed by atoms with van der Waals surface area (Å²) >= 11 is 0. The summed E-state index contributed by atoms with van der Waals surface area (Å²) in [5.74, 6) is 0.220. The minimum Gasteiger partial charge on any atom is -0.484 e. The fourth-order valence-corrected chi connectivity index (χ4v) is 3.57. The molecule has 6 nitrogen and oxygen atoms in total. The topological polar surface area (TPSA) is 84.5 Å². The number of hydrogen-bond acceptors (Lipinski definition) is 4. The normalized spacial score (nSPS) is 12.3. The van der Waals surface area contributed by atoms with Crippen molar-refractivity contribution in [2.45, 2.75) is 45.1 Å². The third-order valence-electron chi connectivity index (χ3n) is 4.00. The van der Waals surface area contributed by atoms with E-state index in [0.717, 1.165) is 17.5 Å². The van der Waals surface area contributed by atoms with Crippen molar-refractivity contribution >= 4 is 21.6 Å². The van der Waals surface area contributed by atoms with Gasteiger partial charge < -0.3 is 10.1 Å². The monoisotopic (exact) mass is 390 g/mol. The molecule has 7 heteroatoms. The van der Waals surface area contributed by atoms with Gasteiger partial charge in [0.15, 0.2) is 6.61 Å². The first-order valence-electron chi connectivity index (χ1n) is 8.83. The Morgan fingerprint density at radius 2 is 1.67 bits per heavy atom. The quantitative estimate of drug-likeness (QED) is 0.723. The van der Waals surface area contributed by atoms with Gasteiger partial charge in [-0.15, -0.1) is 0 Å². The number of ether oxygens (including phenoxy) is 1. The van der Waals surface area contributed by atoms with Gasteiger partial charge in [-0.3, -0.25) is 9.52 Å². The van der Waals surface area contributed by atoms with Crippen LogP contribution < -0.4 is 14.8 Å². The lowest BCUT2D eigenvalue weighted by molar-refractivity contribution is -0.123. The Balaban J connectivity index is 2.01. The van der Waals surface area contributed by atoms with Crippen LogP contribution in [0.4, 0.5) is 5.69 Å². The van der Waals surface area contributed by atoms with Gasteiger partial charge in [-0.2, -0.15) is 0 Å². The highest BCUT2D eigenvalue weighted by Gasteiger charge is 2.15. The van der Waals surface area contributed by atoms with Gasteiger partial charge in [0.05, 0.1) is 4.90 Å². The van der Waals surface area contributed by atoms with Crippen molar-refractivity contribution in [1.29, 1.82) is 0 Å². The second-order valence-corrected chi connectivity index (χ2v) is 8.30. The molecule has 1 amide bonds. The summed E-state index contributed by atoms with van der Waals surface area (Å²) in [6.07, 6.45) is 0.839. The molecule has 0 aliphatic heterocycles.